The van der Waals surface area contributed by atoms with Gasteiger partial charge >= 0.3 is 0 Å². The van der Waals surface area contributed by atoms with Crippen molar-refractivity contribution in [2.24, 2.45) is 11.8 Å². The summed E-state index contributed by atoms with van der Waals surface area (Å²) in [5.41, 5.74) is 1.60. The lowest BCUT2D eigenvalue weighted by atomic mass is 9.97. The molecule has 2 rings (SSSR count). The van der Waals surface area contributed by atoms with Crippen molar-refractivity contribution in [3.05, 3.63) is 29.8 Å². The van der Waals surface area contributed by atoms with Crippen molar-refractivity contribution in [1.29, 1.82) is 0 Å². The molecular weight excluding hydrogens is 214 g/mol. The molecule has 1 amide bonds. The van der Waals surface area contributed by atoms with Crippen LogP contribution in [0.15, 0.2) is 24.3 Å². The van der Waals surface area contributed by atoms with Crippen molar-refractivity contribution in [2.75, 3.05) is 5.32 Å². The van der Waals surface area contributed by atoms with Crippen molar-refractivity contribution in [2.45, 2.75) is 32.8 Å². The number of carbonyl (C=O) groups excluding carboxylic acids is 1. The van der Waals surface area contributed by atoms with Crippen molar-refractivity contribution in [3.63, 3.8) is 0 Å². The van der Waals surface area contributed by atoms with E-state index in [1.54, 1.807) is 0 Å². The molecule has 0 heterocycles. The normalized spacial score (nSPS) is 23.6. The van der Waals surface area contributed by atoms with Crippen LogP contribution in [0.2, 0.25) is 0 Å². The molecule has 0 spiro atoms. The van der Waals surface area contributed by atoms with Crippen molar-refractivity contribution < 1.29 is 9.90 Å². The van der Waals surface area contributed by atoms with Crippen LogP contribution in [0.3, 0.4) is 0 Å². The van der Waals surface area contributed by atoms with Gasteiger partial charge in [-0.2, -0.15) is 0 Å². The molecule has 0 bridgehead atoms. The van der Waals surface area contributed by atoms with Crippen LogP contribution >= 0.6 is 0 Å². The van der Waals surface area contributed by atoms with Crippen molar-refractivity contribution in [1.82, 2.24) is 0 Å². The highest BCUT2D eigenvalue weighted by molar-refractivity contribution is 5.92. The average molecular weight is 233 g/mol. The zero-order valence-electron chi connectivity index (χ0n) is 10.1. The quantitative estimate of drug-likeness (QED) is 0.843. The fourth-order valence-corrected chi connectivity index (χ4v) is 2.52. The van der Waals surface area contributed by atoms with Crippen LogP contribution < -0.4 is 5.32 Å². The van der Waals surface area contributed by atoms with Crippen molar-refractivity contribution >= 4 is 11.6 Å². The predicted octanol–water partition coefficient (Wildman–Crippen LogP) is 2.55. The Morgan fingerprint density at radius 1 is 1.47 bits per heavy atom. The second-order valence-corrected chi connectivity index (χ2v) is 4.86. The third kappa shape index (κ3) is 2.86. The molecule has 1 fully saturated rings. The molecule has 17 heavy (non-hydrogen) atoms. The van der Waals surface area contributed by atoms with Gasteiger partial charge in [0, 0.05) is 11.6 Å². The molecule has 2 unspecified atom stereocenters. The van der Waals surface area contributed by atoms with E-state index in [9.17, 15) is 4.79 Å². The molecule has 2 N–H and O–H groups in total. The fraction of sp³-hybridized carbons (Fsp3) is 0.500. The van der Waals surface area contributed by atoms with Gasteiger partial charge in [-0.25, -0.2) is 0 Å². The minimum absolute atomic E-state index is 0.00351. The number of benzene rings is 1. The summed E-state index contributed by atoms with van der Waals surface area (Å²) in [5, 5.41) is 12.0. The molecular formula is C14H19NO2. The highest BCUT2D eigenvalue weighted by Crippen LogP contribution is 2.32. The van der Waals surface area contributed by atoms with Crippen LogP contribution in [0.25, 0.3) is 0 Å². The largest absolute Gasteiger partial charge is 0.392 e. The Hall–Kier alpha value is -1.35. The summed E-state index contributed by atoms with van der Waals surface area (Å²) in [5.74, 6) is 0.744. The summed E-state index contributed by atoms with van der Waals surface area (Å²) in [6, 6.07) is 7.36. The van der Waals surface area contributed by atoms with E-state index >= 15 is 0 Å². The second kappa shape index (κ2) is 5.32. The van der Waals surface area contributed by atoms with Gasteiger partial charge in [0.25, 0.3) is 0 Å². The lowest BCUT2D eigenvalue weighted by Gasteiger charge is -2.15. The van der Waals surface area contributed by atoms with E-state index in [1.807, 2.05) is 24.3 Å². The van der Waals surface area contributed by atoms with E-state index in [4.69, 9.17) is 5.11 Å². The number of anilines is 1. The topological polar surface area (TPSA) is 49.3 Å². The molecule has 1 aliphatic carbocycles. The lowest BCUT2D eigenvalue weighted by molar-refractivity contribution is -0.120. The monoisotopic (exact) mass is 233 g/mol. The summed E-state index contributed by atoms with van der Waals surface area (Å²) in [4.78, 5) is 12.1. The molecule has 1 aromatic rings. The van der Waals surface area contributed by atoms with Crippen LogP contribution in [0, 0.1) is 11.8 Å². The van der Waals surface area contributed by atoms with Gasteiger partial charge in [0.1, 0.15) is 0 Å². The summed E-state index contributed by atoms with van der Waals surface area (Å²) < 4.78 is 0. The molecule has 2 atom stereocenters. The molecule has 1 aromatic carbocycles. The van der Waals surface area contributed by atoms with Crippen molar-refractivity contribution in [3.8, 4) is 0 Å². The Morgan fingerprint density at radius 2 is 2.29 bits per heavy atom. The predicted molar refractivity (Wildman–Crippen MR) is 67.5 cm³/mol. The smallest absolute Gasteiger partial charge is 0.227 e. The number of rotatable bonds is 3. The van der Waals surface area contributed by atoms with Crippen LogP contribution in [0.5, 0.6) is 0 Å². The number of hydrogen-bond acceptors (Lipinski definition) is 2. The SMILES string of the molecule is CC1CCCC1C(=O)Nc1cccc(CO)c1. The first-order valence-corrected chi connectivity index (χ1v) is 6.21. The minimum atomic E-state index is 0.00351. The first-order chi connectivity index (χ1) is 8.20. The average Bonchev–Trinajstić information content (AvgIpc) is 2.76. The van der Waals surface area contributed by atoms with E-state index < -0.39 is 0 Å². The van der Waals surface area contributed by atoms with E-state index in [2.05, 4.69) is 12.2 Å². The number of aliphatic hydroxyl groups excluding tert-OH is 1. The number of amides is 1. The van der Waals surface area contributed by atoms with Crippen LogP contribution in [-0.2, 0) is 11.4 Å². The molecule has 0 saturated heterocycles. The van der Waals surface area contributed by atoms with Gasteiger partial charge in [-0.05, 0) is 36.5 Å². The third-order valence-corrected chi connectivity index (χ3v) is 3.58. The van der Waals surface area contributed by atoms with Gasteiger partial charge in [-0.15, -0.1) is 0 Å². The minimum Gasteiger partial charge on any atom is -0.392 e. The van der Waals surface area contributed by atoms with Gasteiger partial charge < -0.3 is 10.4 Å². The van der Waals surface area contributed by atoms with E-state index in [0.717, 1.165) is 30.5 Å². The number of carbonyl (C=O) groups is 1. The summed E-state index contributed by atoms with van der Waals surface area (Å²) >= 11 is 0. The first-order valence-electron chi connectivity index (χ1n) is 6.21. The molecule has 3 heteroatoms. The maximum Gasteiger partial charge on any atom is 0.227 e. The maximum absolute atomic E-state index is 12.1. The van der Waals surface area contributed by atoms with E-state index in [0.29, 0.717) is 5.92 Å². The standard InChI is InChI=1S/C14H19NO2/c1-10-4-2-7-13(10)14(17)15-12-6-3-5-11(8-12)9-16/h3,5-6,8,10,13,16H,2,4,7,9H2,1H3,(H,15,17). The van der Waals surface area contributed by atoms with Crippen LogP contribution in [0.4, 0.5) is 5.69 Å². The van der Waals surface area contributed by atoms with Gasteiger partial charge in [0.2, 0.25) is 5.91 Å². The Bertz CT molecular complexity index is 403. The third-order valence-electron chi connectivity index (χ3n) is 3.58. The fourth-order valence-electron chi connectivity index (χ4n) is 2.52. The summed E-state index contributed by atoms with van der Waals surface area (Å²) in [6.45, 7) is 2.14. The Kier molecular flexibility index (Phi) is 3.79. The zero-order chi connectivity index (χ0) is 12.3. The maximum atomic E-state index is 12.1. The number of nitrogens with one attached hydrogen (secondary N) is 1. The first kappa shape index (κ1) is 12.1. The summed E-state index contributed by atoms with van der Waals surface area (Å²) in [7, 11) is 0. The van der Waals surface area contributed by atoms with Gasteiger partial charge in [0.15, 0.2) is 0 Å². The number of hydrogen-bond donors (Lipinski definition) is 2. The Balaban J connectivity index is 2.02. The Morgan fingerprint density at radius 3 is 2.94 bits per heavy atom. The Labute approximate surface area is 102 Å². The molecule has 0 radical (unpaired) electrons. The zero-order valence-corrected chi connectivity index (χ0v) is 10.1. The highest BCUT2D eigenvalue weighted by atomic mass is 16.3. The van der Waals surface area contributed by atoms with E-state index in [-0.39, 0.29) is 18.4 Å². The molecule has 1 saturated carbocycles. The van der Waals surface area contributed by atoms with Gasteiger partial charge in [-0.3, -0.25) is 4.79 Å². The van der Waals surface area contributed by atoms with Gasteiger partial charge in [0.05, 0.1) is 6.61 Å². The molecule has 0 aromatic heterocycles. The highest BCUT2D eigenvalue weighted by Gasteiger charge is 2.29. The van der Waals surface area contributed by atoms with E-state index in [1.165, 1.54) is 0 Å². The van der Waals surface area contributed by atoms with Crippen LogP contribution in [-0.4, -0.2) is 11.0 Å². The van der Waals surface area contributed by atoms with Gasteiger partial charge in [-0.1, -0.05) is 25.5 Å². The number of aliphatic hydroxyl groups is 1. The lowest BCUT2D eigenvalue weighted by Crippen LogP contribution is -2.24. The molecule has 92 valence electrons. The summed E-state index contributed by atoms with van der Waals surface area (Å²) in [6.07, 6.45) is 3.29. The second-order valence-electron chi connectivity index (χ2n) is 4.86. The molecule has 0 aliphatic heterocycles. The van der Waals surface area contributed by atoms with Crippen LogP contribution in [0.1, 0.15) is 31.7 Å². The molecule has 3 nitrogen and oxygen atoms in total. The molecule has 1 aliphatic rings.